The fourth-order valence-electron chi connectivity index (χ4n) is 2.49. The molecule has 1 aromatic heterocycles. The smallest absolute Gasteiger partial charge is 0.272 e. The van der Waals surface area contributed by atoms with Gasteiger partial charge in [0.1, 0.15) is 0 Å². The molecule has 0 aliphatic carbocycles. The van der Waals surface area contributed by atoms with Crippen molar-refractivity contribution in [3.63, 3.8) is 0 Å². The zero-order valence-corrected chi connectivity index (χ0v) is 15.2. The summed E-state index contributed by atoms with van der Waals surface area (Å²) in [6, 6.07) is 17.5. The average Bonchev–Trinajstić information content (AvgIpc) is 2.61. The van der Waals surface area contributed by atoms with Crippen LogP contribution in [0.5, 0.6) is 0 Å². The van der Waals surface area contributed by atoms with Crippen LogP contribution in [0.15, 0.2) is 59.1 Å². The molecule has 6 heteroatoms. The number of nitrogens with two attached hydrogens (primary N) is 1. The SMILES string of the molecule is NCCCNC(=O)c1nc2ccccc2cc1Nc1cccc(Br)c1. The number of rotatable bonds is 6. The van der Waals surface area contributed by atoms with Gasteiger partial charge in [0.15, 0.2) is 5.69 Å². The van der Waals surface area contributed by atoms with Crippen LogP contribution >= 0.6 is 15.9 Å². The van der Waals surface area contributed by atoms with Crippen molar-refractivity contribution in [1.82, 2.24) is 10.3 Å². The molecule has 128 valence electrons. The summed E-state index contributed by atoms with van der Waals surface area (Å²) in [4.78, 5) is 17.1. The minimum atomic E-state index is -0.211. The zero-order chi connectivity index (χ0) is 17.6. The van der Waals surface area contributed by atoms with Crippen LogP contribution in [-0.4, -0.2) is 24.0 Å². The number of amides is 1. The molecular formula is C19H19BrN4O. The molecule has 0 atom stereocenters. The van der Waals surface area contributed by atoms with E-state index in [9.17, 15) is 4.79 Å². The van der Waals surface area contributed by atoms with E-state index in [2.05, 4.69) is 31.5 Å². The lowest BCUT2D eigenvalue weighted by Crippen LogP contribution is -2.27. The highest BCUT2D eigenvalue weighted by Gasteiger charge is 2.15. The number of benzene rings is 2. The summed E-state index contributed by atoms with van der Waals surface area (Å²) in [5.41, 5.74) is 8.19. The molecule has 0 saturated carbocycles. The van der Waals surface area contributed by atoms with Crippen molar-refractivity contribution in [3.8, 4) is 0 Å². The lowest BCUT2D eigenvalue weighted by Gasteiger charge is -2.13. The molecule has 0 fully saturated rings. The maximum absolute atomic E-state index is 12.6. The molecule has 0 aliphatic heterocycles. The summed E-state index contributed by atoms with van der Waals surface area (Å²) < 4.78 is 0.959. The fourth-order valence-corrected chi connectivity index (χ4v) is 2.89. The first kappa shape index (κ1) is 17.4. The molecule has 1 amide bonds. The number of carbonyl (C=O) groups excluding carboxylic acids is 1. The van der Waals surface area contributed by atoms with Crippen molar-refractivity contribution in [2.45, 2.75) is 6.42 Å². The van der Waals surface area contributed by atoms with Crippen LogP contribution in [0.3, 0.4) is 0 Å². The van der Waals surface area contributed by atoms with Crippen LogP contribution in [0.2, 0.25) is 0 Å². The molecule has 0 aliphatic rings. The zero-order valence-electron chi connectivity index (χ0n) is 13.6. The van der Waals surface area contributed by atoms with E-state index < -0.39 is 0 Å². The Balaban J connectivity index is 1.98. The molecule has 4 N–H and O–H groups in total. The maximum Gasteiger partial charge on any atom is 0.272 e. The monoisotopic (exact) mass is 398 g/mol. The molecule has 0 bridgehead atoms. The van der Waals surface area contributed by atoms with E-state index in [0.29, 0.717) is 24.5 Å². The molecular weight excluding hydrogens is 380 g/mol. The normalized spacial score (nSPS) is 10.6. The summed E-state index contributed by atoms with van der Waals surface area (Å²) in [6.45, 7) is 1.06. The molecule has 5 nitrogen and oxygen atoms in total. The standard InChI is InChI=1S/C19H19BrN4O/c20-14-6-3-7-15(12-14)23-17-11-13-5-1-2-8-16(13)24-18(17)19(25)22-10-4-9-21/h1-3,5-8,11-12,23H,4,9-10,21H2,(H,22,25). The minimum absolute atomic E-state index is 0.211. The number of hydrogen-bond donors (Lipinski definition) is 3. The van der Waals surface area contributed by atoms with Crippen LogP contribution in [-0.2, 0) is 0 Å². The number of para-hydroxylation sites is 1. The maximum atomic E-state index is 12.6. The van der Waals surface area contributed by atoms with Gasteiger partial charge in [-0.2, -0.15) is 0 Å². The molecule has 0 saturated heterocycles. The third-order valence-electron chi connectivity index (χ3n) is 3.71. The van der Waals surface area contributed by atoms with Gasteiger partial charge in [0.05, 0.1) is 11.2 Å². The van der Waals surface area contributed by atoms with Crippen LogP contribution in [0.25, 0.3) is 10.9 Å². The Kier molecular flexibility index (Phi) is 5.63. The fraction of sp³-hybridized carbons (Fsp3) is 0.158. The van der Waals surface area contributed by atoms with E-state index in [0.717, 1.165) is 27.5 Å². The Morgan fingerprint density at radius 3 is 2.76 bits per heavy atom. The number of aromatic nitrogens is 1. The van der Waals surface area contributed by atoms with Crippen molar-refractivity contribution in [2.24, 2.45) is 5.73 Å². The van der Waals surface area contributed by atoms with Gasteiger partial charge in [-0.05, 0) is 43.3 Å². The van der Waals surface area contributed by atoms with Crippen LogP contribution in [0.1, 0.15) is 16.9 Å². The van der Waals surface area contributed by atoms with Crippen LogP contribution < -0.4 is 16.4 Å². The van der Waals surface area contributed by atoms with Crippen molar-refractivity contribution in [3.05, 3.63) is 64.8 Å². The van der Waals surface area contributed by atoms with Crippen molar-refractivity contribution in [1.29, 1.82) is 0 Å². The first-order chi connectivity index (χ1) is 12.2. The van der Waals surface area contributed by atoms with Gasteiger partial charge in [0.25, 0.3) is 5.91 Å². The lowest BCUT2D eigenvalue weighted by molar-refractivity contribution is 0.0950. The van der Waals surface area contributed by atoms with Gasteiger partial charge in [-0.1, -0.05) is 40.2 Å². The van der Waals surface area contributed by atoms with Gasteiger partial charge in [-0.25, -0.2) is 4.98 Å². The number of nitrogens with one attached hydrogen (secondary N) is 2. The topological polar surface area (TPSA) is 80.0 Å². The molecule has 0 spiro atoms. The summed E-state index contributed by atoms with van der Waals surface area (Å²) in [7, 11) is 0. The van der Waals surface area contributed by atoms with Gasteiger partial charge in [0.2, 0.25) is 0 Å². The Labute approximate surface area is 154 Å². The molecule has 3 aromatic rings. The van der Waals surface area contributed by atoms with Crippen LogP contribution in [0, 0.1) is 0 Å². The number of pyridine rings is 1. The quantitative estimate of drug-likeness (QED) is 0.551. The number of fused-ring (bicyclic) bond motifs is 1. The summed E-state index contributed by atoms with van der Waals surface area (Å²) in [6.07, 6.45) is 0.730. The lowest BCUT2D eigenvalue weighted by atomic mass is 10.1. The van der Waals surface area contributed by atoms with E-state index in [-0.39, 0.29) is 5.91 Å². The van der Waals surface area contributed by atoms with E-state index in [1.54, 1.807) is 0 Å². The largest absolute Gasteiger partial charge is 0.354 e. The second-order valence-corrected chi connectivity index (χ2v) is 6.53. The second-order valence-electron chi connectivity index (χ2n) is 5.61. The number of anilines is 2. The molecule has 2 aromatic carbocycles. The van der Waals surface area contributed by atoms with Gasteiger partial charge in [-0.3, -0.25) is 4.79 Å². The molecule has 3 rings (SSSR count). The number of hydrogen-bond acceptors (Lipinski definition) is 4. The van der Waals surface area contributed by atoms with Gasteiger partial charge in [0, 0.05) is 22.1 Å². The summed E-state index contributed by atoms with van der Waals surface area (Å²) in [5, 5.41) is 7.14. The van der Waals surface area contributed by atoms with Crippen LogP contribution in [0.4, 0.5) is 11.4 Å². The van der Waals surface area contributed by atoms with Gasteiger partial charge in [-0.15, -0.1) is 0 Å². The first-order valence-corrected chi connectivity index (χ1v) is 8.87. The third-order valence-corrected chi connectivity index (χ3v) is 4.20. The number of nitrogens with zero attached hydrogens (tertiary/aromatic N) is 1. The van der Waals surface area contributed by atoms with E-state index in [1.165, 1.54) is 0 Å². The van der Waals surface area contributed by atoms with E-state index >= 15 is 0 Å². The third kappa shape index (κ3) is 4.35. The highest BCUT2D eigenvalue weighted by atomic mass is 79.9. The Morgan fingerprint density at radius 2 is 1.96 bits per heavy atom. The predicted octanol–water partition coefficient (Wildman–Crippen LogP) is 3.82. The van der Waals surface area contributed by atoms with Crippen molar-refractivity contribution < 1.29 is 4.79 Å². The number of halogens is 1. The summed E-state index contributed by atoms with van der Waals surface area (Å²) >= 11 is 3.46. The molecule has 0 radical (unpaired) electrons. The van der Waals surface area contributed by atoms with Gasteiger partial charge >= 0.3 is 0 Å². The molecule has 25 heavy (non-hydrogen) atoms. The Hall–Kier alpha value is -2.44. The summed E-state index contributed by atoms with van der Waals surface area (Å²) in [5.74, 6) is -0.211. The first-order valence-electron chi connectivity index (χ1n) is 8.08. The van der Waals surface area contributed by atoms with E-state index in [4.69, 9.17) is 5.73 Å². The highest BCUT2D eigenvalue weighted by molar-refractivity contribution is 9.10. The Bertz CT molecular complexity index is 897. The predicted molar refractivity (Wildman–Crippen MR) is 105 cm³/mol. The Morgan fingerprint density at radius 1 is 1.12 bits per heavy atom. The average molecular weight is 399 g/mol. The van der Waals surface area contributed by atoms with E-state index in [1.807, 2.05) is 54.6 Å². The number of carbonyl (C=O) groups is 1. The van der Waals surface area contributed by atoms with Gasteiger partial charge < -0.3 is 16.4 Å². The minimum Gasteiger partial charge on any atom is -0.354 e. The molecule has 1 heterocycles. The van der Waals surface area contributed by atoms with Crippen molar-refractivity contribution >= 4 is 44.1 Å². The second kappa shape index (κ2) is 8.09. The van der Waals surface area contributed by atoms with Crippen molar-refractivity contribution in [2.75, 3.05) is 18.4 Å². The highest BCUT2D eigenvalue weighted by Crippen LogP contribution is 2.26. The molecule has 0 unspecified atom stereocenters.